The molecule has 0 radical (unpaired) electrons. The van der Waals surface area contributed by atoms with E-state index in [0.29, 0.717) is 0 Å². The van der Waals surface area contributed by atoms with Crippen LogP contribution in [0, 0.1) is 6.92 Å². The summed E-state index contributed by atoms with van der Waals surface area (Å²) in [5, 5.41) is 4.35. The van der Waals surface area contributed by atoms with E-state index < -0.39 is 0 Å². The Morgan fingerprint density at radius 1 is 1.29 bits per heavy atom. The van der Waals surface area contributed by atoms with Gasteiger partial charge in [0.05, 0.1) is 17.6 Å². The summed E-state index contributed by atoms with van der Waals surface area (Å²) in [7, 11) is 0. The maximum atomic E-state index is 12.9. The lowest BCUT2D eigenvalue weighted by molar-refractivity contribution is 0.313. The van der Waals surface area contributed by atoms with E-state index in [0.717, 1.165) is 53.7 Å². The molecule has 5 heteroatoms. The summed E-state index contributed by atoms with van der Waals surface area (Å²) in [4.78, 5) is 24.0. The molecule has 1 atom stereocenters. The van der Waals surface area contributed by atoms with Crippen LogP contribution < -0.4 is 10.7 Å². The molecule has 2 aromatic heterocycles. The topological polar surface area (TPSA) is 73.6 Å². The molecule has 3 N–H and O–H groups in total. The zero-order valence-electron chi connectivity index (χ0n) is 14.1. The summed E-state index contributed by atoms with van der Waals surface area (Å²) in [6.45, 7) is 5.09. The van der Waals surface area contributed by atoms with Crippen LogP contribution in [0.15, 0.2) is 35.4 Å². The smallest absolute Gasteiger partial charge is 0.192 e. The molecule has 24 heavy (non-hydrogen) atoms. The van der Waals surface area contributed by atoms with Crippen molar-refractivity contribution in [3.8, 4) is 0 Å². The minimum Gasteiger partial charge on any atom is -0.358 e. The summed E-state index contributed by atoms with van der Waals surface area (Å²) >= 11 is 0. The second-order valence-electron chi connectivity index (χ2n) is 6.84. The Morgan fingerprint density at radius 3 is 3.00 bits per heavy atom. The van der Waals surface area contributed by atoms with Crippen LogP contribution in [0.4, 0.5) is 0 Å². The fourth-order valence-corrected chi connectivity index (χ4v) is 3.82. The molecule has 124 valence electrons. The van der Waals surface area contributed by atoms with Crippen molar-refractivity contribution in [3.63, 3.8) is 0 Å². The summed E-state index contributed by atoms with van der Waals surface area (Å²) in [5.74, 6) is 0. The molecule has 0 unspecified atom stereocenters. The van der Waals surface area contributed by atoms with Gasteiger partial charge in [0.2, 0.25) is 0 Å². The van der Waals surface area contributed by atoms with Gasteiger partial charge in [-0.3, -0.25) is 4.79 Å². The molecule has 0 amide bonds. The number of pyridine rings is 1. The van der Waals surface area contributed by atoms with Crippen LogP contribution in [0.2, 0.25) is 0 Å². The Balaban J connectivity index is 1.68. The van der Waals surface area contributed by atoms with Crippen LogP contribution in [0.1, 0.15) is 36.0 Å². The lowest BCUT2D eigenvalue weighted by Gasteiger charge is -2.34. The average molecular weight is 322 g/mol. The van der Waals surface area contributed by atoms with Crippen LogP contribution in [-0.4, -0.2) is 21.5 Å². The first-order valence-electron chi connectivity index (χ1n) is 8.47. The van der Waals surface area contributed by atoms with E-state index in [4.69, 9.17) is 0 Å². The first-order chi connectivity index (χ1) is 11.6. The van der Waals surface area contributed by atoms with Crippen molar-refractivity contribution in [2.75, 3.05) is 6.54 Å². The number of H-pyrrole nitrogens is 2. The Hall–Kier alpha value is -2.40. The van der Waals surface area contributed by atoms with Crippen LogP contribution in [0.25, 0.3) is 10.9 Å². The first-order valence-corrected chi connectivity index (χ1v) is 8.47. The highest BCUT2D eigenvalue weighted by molar-refractivity contribution is 5.79. The number of imidazole rings is 1. The number of hydrogen-bond donors (Lipinski definition) is 3. The van der Waals surface area contributed by atoms with Gasteiger partial charge in [-0.1, -0.05) is 12.1 Å². The fourth-order valence-electron chi connectivity index (χ4n) is 3.82. The van der Waals surface area contributed by atoms with Crippen molar-refractivity contribution >= 4 is 10.9 Å². The lowest BCUT2D eigenvalue weighted by Crippen LogP contribution is -2.45. The van der Waals surface area contributed by atoms with Crippen LogP contribution in [0.5, 0.6) is 0 Å². The van der Waals surface area contributed by atoms with Crippen molar-refractivity contribution in [3.05, 3.63) is 63.5 Å². The van der Waals surface area contributed by atoms with E-state index >= 15 is 0 Å². The van der Waals surface area contributed by atoms with Crippen LogP contribution in [-0.2, 0) is 18.4 Å². The molecule has 0 aliphatic carbocycles. The van der Waals surface area contributed by atoms with Gasteiger partial charge in [0.1, 0.15) is 0 Å². The van der Waals surface area contributed by atoms with Gasteiger partial charge in [-0.05, 0) is 38.8 Å². The van der Waals surface area contributed by atoms with E-state index in [1.807, 2.05) is 31.2 Å². The van der Waals surface area contributed by atoms with E-state index in [2.05, 4.69) is 27.2 Å². The van der Waals surface area contributed by atoms with Crippen LogP contribution >= 0.6 is 0 Å². The largest absolute Gasteiger partial charge is 0.358 e. The second-order valence-corrected chi connectivity index (χ2v) is 6.84. The zero-order valence-corrected chi connectivity index (χ0v) is 14.1. The Bertz CT molecular complexity index is 955. The fraction of sp³-hybridized carbons (Fsp3) is 0.368. The number of nitrogens with one attached hydrogen (secondary N) is 3. The molecular weight excluding hydrogens is 300 g/mol. The molecule has 1 aliphatic rings. The van der Waals surface area contributed by atoms with Crippen molar-refractivity contribution in [1.82, 2.24) is 20.3 Å². The molecule has 3 aromatic rings. The standard InChI is InChI=1S/C19H22N4O/c1-12-13(17(24)14-5-3-4-6-15(14)23-12)7-9-19(2)18-16(8-10-22-19)20-11-21-18/h3-6,11,22H,7-10H2,1-2H3,(H,20,21)(H,23,24)/t19-/m0/s1. The predicted octanol–water partition coefficient (Wildman–Crippen LogP) is 2.55. The molecule has 3 heterocycles. The second kappa shape index (κ2) is 5.60. The van der Waals surface area contributed by atoms with Gasteiger partial charge in [-0.2, -0.15) is 0 Å². The molecule has 4 rings (SSSR count). The number of hydrogen-bond acceptors (Lipinski definition) is 3. The molecule has 1 aliphatic heterocycles. The van der Waals surface area contributed by atoms with Gasteiger partial charge >= 0.3 is 0 Å². The normalized spacial score (nSPS) is 20.2. The van der Waals surface area contributed by atoms with Gasteiger partial charge in [0, 0.05) is 40.8 Å². The number of aromatic amines is 2. The highest BCUT2D eigenvalue weighted by Gasteiger charge is 2.34. The van der Waals surface area contributed by atoms with Crippen molar-refractivity contribution in [1.29, 1.82) is 0 Å². The number of rotatable bonds is 3. The quantitative estimate of drug-likeness (QED) is 0.694. The van der Waals surface area contributed by atoms with Gasteiger partial charge in [-0.25, -0.2) is 4.98 Å². The predicted molar refractivity (Wildman–Crippen MR) is 95.3 cm³/mol. The molecule has 0 saturated carbocycles. The molecular formula is C19H22N4O. The SMILES string of the molecule is Cc1[nH]c2ccccc2c(=O)c1CC[C@]1(C)NCCc2[nH]cnc21. The monoisotopic (exact) mass is 322 g/mol. The lowest BCUT2D eigenvalue weighted by atomic mass is 9.85. The Kier molecular flexibility index (Phi) is 3.53. The minimum atomic E-state index is -0.196. The molecule has 0 saturated heterocycles. The van der Waals surface area contributed by atoms with Gasteiger partial charge in [0.15, 0.2) is 5.43 Å². The third kappa shape index (κ3) is 2.36. The van der Waals surface area contributed by atoms with Gasteiger partial charge < -0.3 is 15.3 Å². The van der Waals surface area contributed by atoms with Crippen molar-refractivity contribution < 1.29 is 0 Å². The summed E-state index contributed by atoms with van der Waals surface area (Å²) in [5.41, 5.74) is 4.98. The molecule has 0 fully saturated rings. The van der Waals surface area contributed by atoms with Crippen molar-refractivity contribution in [2.45, 2.75) is 38.6 Å². The Labute approximate surface area is 140 Å². The average Bonchev–Trinajstić information content (AvgIpc) is 3.05. The van der Waals surface area contributed by atoms with E-state index in [1.54, 1.807) is 6.33 Å². The maximum absolute atomic E-state index is 12.9. The zero-order chi connectivity index (χ0) is 16.7. The molecule has 5 nitrogen and oxygen atoms in total. The minimum absolute atomic E-state index is 0.142. The van der Waals surface area contributed by atoms with E-state index in [1.165, 1.54) is 5.69 Å². The summed E-state index contributed by atoms with van der Waals surface area (Å²) < 4.78 is 0. The summed E-state index contributed by atoms with van der Waals surface area (Å²) in [6.07, 6.45) is 4.30. The number of para-hydroxylation sites is 1. The van der Waals surface area contributed by atoms with Crippen molar-refractivity contribution in [2.24, 2.45) is 0 Å². The van der Waals surface area contributed by atoms with Crippen LogP contribution in [0.3, 0.4) is 0 Å². The van der Waals surface area contributed by atoms with Gasteiger partial charge in [-0.15, -0.1) is 0 Å². The van der Waals surface area contributed by atoms with Gasteiger partial charge in [0.25, 0.3) is 0 Å². The molecule has 0 bridgehead atoms. The van der Waals surface area contributed by atoms with E-state index in [-0.39, 0.29) is 11.0 Å². The number of benzene rings is 1. The van der Waals surface area contributed by atoms with E-state index in [9.17, 15) is 4.79 Å². The number of aromatic nitrogens is 3. The molecule has 0 spiro atoms. The number of aryl methyl sites for hydroxylation is 1. The highest BCUT2D eigenvalue weighted by Crippen LogP contribution is 2.30. The summed E-state index contributed by atoms with van der Waals surface area (Å²) in [6, 6.07) is 7.71. The Morgan fingerprint density at radius 2 is 2.12 bits per heavy atom. The molecule has 1 aromatic carbocycles. The number of nitrogens with zero attached hydrogens (tertiary/aromatic N) is 1. The first kappa shape index (κ1) is 15.1. The maximum Gasteiger partial charge on any atom is 0.192 e. The third-order valence-corrected chi connectivity index (χ3v) is 5.23. The highest BCUT2D eigenvalue weighted by atomic mass is 16.1. The third-order valence-electron chi connectivity index (χ3n) is 5.23. The number of fused-ring (bicyclic) bond motifs is 2.